The summed E-state index contributed by atoms with van der Waals surface area (Å²) in [7, 11) is 0. The molecule has 0 saturated heterocycles. The molecule has 0 radical (unpaired) electrons. The maximum Gasteiger partial charge on any atom is 0.248 e. The topological polar surface area (TPSA) is 69.6 Å². The highest BCUT2D eigenvalue weighted by molar-refractivity contribution is 5.09. The Kier molecular flexibility index (Phi) is 1.86. The van der Waals surface area contributed by atoms with Gasteiger partial charge in [0.15, 0.2) is 5.82 Å². The monoisotopic (exact) mass is 231 g/mol. The van der Waals surface area contributed by atoms with Gasteiger partial charge >= 0.3 is 0 Å². The van der Waals surface area contributed by atoms with Gasteiger partial charge in [-0.1, -0.05) is 10.4 Å². The molecule has 2 fully saturated rings. The molecular weight excluding hydrogens is 218 g/mol. The molecule has 4 rings (SSSR count). The summed E-state index contributed by atoms with van der Waals surface area (Å²) in [5.74, 6) is 2.64. The van der Waals surface area contributed by atoms with Gasteiger partial charge in [-0.05, 0) is 25.7 Å². The lowest BCUT2D eigenvalue weighted by molar-refractivity contribution is 0.360. The van der Waals surface area contributed by atoms with Crippen molar-refractivity contribution < 1.29 is 4.52 Å². The van der Waals surface area contributed by atoms with Gasteiger partial charge in [0.05, 0.1) is 5.69 Å². The van der Waals surface area contributed by atoms with Crippen LogP contribution in [-0.2, 0) is 6.54 Å². The number of hydrogen-bond donors (Lipinski definition) is 0. The zero-order chi connectivity index (χ0) is 11.2. The summed E-state index contributed by atoms with van der Waals surface area (Å²) >= 11 is 0. The molecular formula is C11H13N5O. The van der Waals surface area contributed by atoms with Gasteiger partial charge in [0.25, 0.3) is 0 Å². The van der Waals surface area contributed by atoms with E-state index in [1.807, 2.05) is 6.20 Å². The highest BCUT2D eigenvalue weighted by atomic mass is 16.5. The minimum absolute atomic E-state index is 0.527. The number of hydrogen-bond acceptors (Lipinski definition) is 5. The summed E-state index contributed by atoms with van der Waals surface area (Å²) in [5, 5.41) is 12.2. The lowest BCUT2D eigenvalue weighted by Gasteiger charge is -1.92. The van der Waals surface area contributed by atoms with E-state index in [1.165, 1.54) is 25.7 Å². The molecule has 0 amide bonds. The third-order valence-corrected chi connectivity index (χ3v) is 3.28. The molecule has 2 aliphatic rings. The fourth-order valence-corrected chi connectivity index (χ4v) is 1.94. The van der Waals surface area contributed by atoms with Crippen molar-refractivity contribution in [2.24, 2.45) is 0 Å². The van der Waals surface area contributed by atoms with Crippen molar-refractivity contribution in [2.45, 2.75) is 44.1 Å². The summed E-state index contributed by atoms with van der Waals surface area (Å²) < 4.78 is 6.98. The Morgan fingerprint density at radius 1 is 1.24 bits per heavy atom. The molecule has 88 valence electrons. The largest absolute Gasteiger partial charge is 0.337 e. The highest BCUT2D eigenvalue weighted by Crippen LogP contribution is 2.39. The lowest BCUT2D eigenvalue weighted by atomic mass is 10.3. The first-order valence-electron chi connectivity index (χ1n) is 6.11. The van der Waals surface area contributed by atoms with Crippen LogP contribution < -0.4 is 0 Å². The second kappa shape index (κ2) is 3.38. The minimum atomic E-state index is 0.527. The Hall–Kier alpha value is -1.72. The third-order valence-electron chi connectivity index (χ3n) is 3.28. The standard InChI is InChI=1S/C11H13N5O/c1-2-7(1)9-5-16(15-13-9)6-10-12-11(14-17-10)8-3-4-8/h5,7-8H,1-4,6H2. The van der Waals surface area contributed by atoms with Crippen molar-refractivity contribution in [3.8, 4) is 0 Å². The Balaban J connectivity index is 1.50. The molecule has 2 aliphatic carbocycles. The van der Waals surface area contributed by atoms with E-state index in [0.717, 1.165) is 11.5 Å². The molecule has 6 nitrogen and oxygen atoms in total. The Bertz CT molecular complexity index is 489. The van der Waals surface area contributed by atoms with Crippen LogP contribution >= 0.6 is 0 Å². The van der Waals surface area contributed by atoms with Crippen LogP contribution in [0.1, 0.15) is 54.9 Å². The van der Waals surface area contributed by atoms with E-state index in [1.54, 1.807) is 4.68 Å². The average Bonchev–Trinajstić information content (AvgIpc) is 3.27. The van der Waals surface area contributed by atoms with Crippen molar-refractivity contribution in [2.75, 3.05) is 0 Å². The fourth-order valence-electron chi connectivity index (χ4n) is 1.94. The zero-order valence-corrected chi connectivity index (χ0v) is 9.41. The summed E-state index contributed by atoms with van der Waals surface area (Å²) in [6, 6.07) is 0. The van der Waals surface area contributed by atoms with Gasteiger partial charge in [-0.15, -0.1) is 5.10 Å². The molecule has 0 bridgehead atoms. The molecule has 2 saturated carbocycles. The van der Waals surface area contributed by atoms with Crippen molar-refractivity contribution >= 4 is 0 Å². The molecule has 2 aromatic heterocycles. The Morgan fingerprint density at radius 2 is 2.06 bits per heavy atom. The molecule has 0 spiro atoms. The van der Waals surface area contributed by atoms with E-state index in [0.29, 0.717) is 24.3 Å². The van der Waals surface area contributed by atoms with Gasteiger partial charge in [0.2, 0.25) is 5.89 Å². The van der Waals surface area contributed by atoms with Gasteiger partial charge in [-0.25, -0.2) is 4.68 Å². The SMILES string of the molecule is c1c(C2CC2)nnn1Cc1nc(C2CC2)no1. The van der Waals surface area contributed by atoms with Crippen LogP contribution in [0.5, 0.6) is 0 Å². The van der Waals surface area contributed by atoms with Gasteiger partial charge in [-0.3, -0.25) is 0 Å². The third kappa shape index (κ3) is 1.83. The van der Waals surface area contributed by atoms with Crippen LogP contribution in [0.4, 0.5) is 0 Å². The molecule has 2 heterocycles. The first kappa shape index (κ1) is 9.32. The van der Waals surface area contributed by atoms with Gasteiger partial charge in [-0.2, -0.15) is 4.98 Å². The van der Waals surface area contributed by atoms with Gasteiger partial charge < -0.3 is 4.52 Å². The predicted molar refractivity (Wildman–Crippen MR) is 57.4 cm³/mol. The summed E-state index contributed by atoms with van der Waals surface area (Å²) in [5.41, 5.74) is 1.09. The van der Waals surface area contributed by atoms with E-state index in [2.05, 4.69) is 20.5 Å². The average molecular weight is 231 g/mol. The smallest absolute Gasteiger partial charge is 0.248 e. The number of aromatic nitrogens is 5. The van der Waals surface area contributed by atoms with Crippen molar-refractivity contribution in [1.29, 1.82) is 0 Å². The molecule has 0 aliphatic heterocycles. The van der Waals surface area contributed by atoms with E-state index in [4.69, 9.17) is 4.52 Å². The van der Waals surface area contributed by atoms with E-state index < -0.39 is 0 Å². The Morgan fingerprint density at radius 3 is 2.82 bits per heavy atom. The second-order valence-corrected chi connectivity index (χ2v) is 4.94. The highest BCUT2D eigenvalue weighted by Gasteiger charge is 2.29. The van der Waals surface area contributed by atoms with E-state index in [-0.39, 0.29) is 0 Å². The van der Waals surface area contributed by atoms with Crippen LogP contribution in [0.15, 0.2) is 10.7 Å². The van der Waals surface area contributed by atoms with E-state index >= 15 is 0 Å². The number of nitrogens with zero attached hydrogens (tertiary/aromatic N) is 5. The minimum Gasteiger partial charge on any atom is -0.337 e. The molecule has 2 aromatic rings. The molecule has 0 N–H and O–H groups in total. The van der Waals surface area contributed by atoms with Crippen LogP contribution in [0, 0.1) is 0 Å². The maximum atomic E-state index is 5.21. The Labute approximate surface area is 98.0 Å². The van der Waals surface area contributed by atoms with Crippen molar-refractivity contribution in [3.63, 3.8) is 0 Å². The van der Waals surface area contributed by atoms with Crippen LogP contribution in [0.25, 0.3) is 0 Å². The molecule has 0 aromatic carbocycles. The molecule has 0 unspecified atom stereocenters. The first-order valence-corrected chi connectivity index (χ1v) is 6.11. The summed E-state index contributed by atoms with van der Waals surface area (Å²) in [6.45, 7) is 0.527. The summed E-state index contributed by atoms with van der Waals surface area (Å²) in [4.78, 5) is 4.37. The van der Waals surface area contributed by atoms with Crippen LogP contribution in [-0.4, -0.2) is 25.1 Å². The quantitative estimate of drug-likeness (QED) is 0.796. The van der Waals surface area contributed by atoms with Crippen LogP contribution in [0.2, 0.25) is 0 Å². The summed E-state index contributed by atoms with van der Waals surface area (Å²) in [6.07, 6.45) is 6.84. The van der Waals surface area contributed by atoms with Gasteiger partial charge in [0, 0.05) is 18.0 Å². The fraction of sp³-hybridized carbons (Fsp3) is 0.636. The lowest BCUT2D eigenvalue weighted by Crippen LogP contribution is -2.00. The molecule has 6 heteroatoms. The second-order valence-electron chi connectivity index (χ2n) is 4.94. The van der Waals surface area contributed by atoms with Crippen molar-refractivity contribution in [3.05, 3.63) is 23.6 Å². The van der Waals surface area contributed by atoms with Crippen molar-refractivity contribution in [1.82, 2.24) is 25.1 Å². The maximum absolute atomic E-state index is 5.21. The number of rotatable bonds is 4. The first-order chi connectivity index (χ1) is 8.38. The zero-order valence-electron chi connectivity index (χ0n) is 9.41. The normalized spacial score (nSPS) is 19.8. The molecule has 0 atom stereocenters. The van der Waals surface area contributed by atoms with E-state index in [9.17, 15) is 0 Å². The molecule has 17 heavy (non-hydrogen) atoms. The predicted octanol–water partition coefficient (Wildman–Crippen LogP) is 1.46. The van der Waals surface area contributed by atoms with Gasteiger partial charge in [0.1, 0.15) is 6.54 Å². The van der Waals surface area contributed by atoms with Crippen LogP contribution in [0.3, 0.4) is 0 Å².